The number of carbonyl (C=O) groups is 2. The van der Waals surface area contributed by atoms with Crippen LogP contribution in [0.2, 0.25) is 0 Å². The van der Waals surface area contributed by atoms with E-state index in [1.807, 2.05) is 0 Å². The molecule has 1 aliphatic carbocycles. The molecular weight excluding hydrogens is 840 g/mol. The van der Waals surface area contributed by atoms with Crippen molar-refractivity contribution in [3.63, 3.8) is 0 Å². The number of rotatable bonds is 44. The van der Waals surface area contributed by atoms with Crippen LogP contribution in [0.25, 0.3) is 0 Å². The van der Waals surface area contributed by atoms with E-state index in [1.165, 1.54) is 148 Å². The molecule has 1 saturated carbocycles. The average molecular weight is 935 g/mol. The van der Waals surface area contributed by atoms with Crippen LogP contribution in [0, 0.1) is 0 Å². The Kier molecular flexibility index (Phi) is 38.5. The number of aliphatic hydroxyl groups excluding tert-OH is 5. The second kappa shape index (κ2) is 40.6. The molecule has 0 saturated heterocycles. The Balaban J connectivity index is 2.39. The Bertz CT molecular complexity index is 1170. The second-order valence-electron chi connectivity index (χ2n) is 18.4. The third-order valence-electron chi connectivity index (χ3n) is 12.4. The lowest BCUT2D eigenvalue weighted by Gasteiger charge is -2.41. The molecule has 378 valence electrons. The molecule has 0 aromatic carbocycles. The molecule has 0 amide bonds. The Morgan fingerprint density at radius 3 is 1.19 bits per heavy atom. The number of hydrogen-bond donors (Lipinski definition) is 6. The summed E-state index contributed by atoms with van der Waals surface area (Å²) in [6.07, 6.45) is 31.1. The molecule has 0 aliphatic heterocycles. The minimum Gasteiger partial charge on any atom is -0.462 e. The van der Waals surface area contributed by atoms with Gasteiger partial charge in [-0.05, 0) is 38.5 Å². The maximum atomic E-state index is 12.8. The van der Waals surface area contributed by atoms with Crippen molar-refractivity contribution in [2.75, 3.05) is 13.2 Å². The van der Waals surface area contributed by atoms with Crippen LogP contribution < -0.4 is 0 Å². The number of phosphoric ester groups is 1. The molecule has 0 radical (unpaired) electrons. The summed E-state index contributed by atoms with van der Waals surface area (Å²) in [5.41, 5.74) is 0. The smallest absolute Gasteiger partial charge is 0.462 e. The minimum atomic E-state index is -5.12. The van der Waals surface area contributed by atoms with Crippen molar-refractivity contribution in [3.05, 3.63) is 12.2 Å². The van der Waals surface area contributed by atoms with Gasteiger partial charge in [0.15, 0.2) is 6.10 Å². The minimum absolute atomic E-state index is 0.0964. The lowest BCUT2D eigenvalue weighted by atomic mass is 9.85. The number of unbranched alkanes of at least 4 members (excludes halogenated alkanes) is 30. The normalized spacial score (nSPS) is 21.6. The molecular formula is C50H95O13P. The third kappa shape index (κ3) is 32.3. The fourth-order valence-electron chi connectivity index (χ4n) is 8.17. The van der Waals surface area contributed by atoms with E-state index in [1.54, 1.807) is 0 Å². The Labute approximate surface area is 388 Å². The van der Waals surface area contributed by atoms with Crippen LogP contribution in [0.1, 0.15) is 239 Å². The Hall–Kier alpha value is -1.41. The predicted octanol–water partition coefficient (Wildman–Crippen LogP) is 11.0. The van der Waals surface area contributed by atoms with Gasteiger partial charge in [0.05, 0.1) is 6.61 Å². The van der Waals surface area contributed by atoms with E-state index in [0.29, 0.717) is 12.8 Å². The summed E-state index contributed by atoms with van der Waals surface area (Å²) in [6, 6.07) is 0. The fraction of sp³-hybridized carbons (Fsp3) is 0.920. The molecule has 1 rings (SSSR count). The molecule has 14 heteroatoms. The molecule has 1 fully saturated rings. The van der Waals surface area contributed by atoms with Crippen LogP contribution in [-0.4, -0.2) is 98.3 Å². The molecule has 0 heterocycles. The van der Waals surface area contributed by atoms with Gasteiger partial charge in [-0.2, -0.15) is 0 Å². The SMILES string of the molecule is CCCCCCCCCC/C=C\CCCCCCCCCC(=O)O[C@H](COC(=O)CCCCCCCCCCCCCCCCCC)COP(=O)(O)OC1C(O)C(O)C(O)[C@@H](O)C1O. The van der Waals surface area contributed by atoms with E-state index >= 15 is 0 Å². The first-order valence-corrected chi connectivity index (χ1v) is 27.5. The number of allylic oxidation sites excluding steroid dienone is 2. The molecule has 8 atom stereocenters. The summed E-state index contributed by atoms with van der Waals surface area (Å²) < 4.78 is 33.6. The van der Waals surface area contributed by atoms with Crippen molar-refractivity contribution in [1.82, 2.24) is 0 Å². The number of carbonyl (C=O) groups excluding carboxylic acids is 2. The maximum Gasteiger partial charge on any atom is 0.472 e. The van der Waals surface area contributed by atoms with Crippen molar-refractivity contribution in [2.24, 2.45) is 0 Å². The molecule has 0 aromatic rings. The van der Waals surface area contributed by atoms with Crippen molar-refractivity contribution in [1.29, 1.82) is 0 Å². The van der Waals surface area contributed by atoms with Crippen molar-refractivity contribution in [3.8, 4) is 0 Å². The number of aliphatic hydroxyl groups is 5. The number of hydrogen-bond acceptors (Lipinski definition) is 12. The van der Waals surface area contributed by atoms with Gasteiger partial charge in [-0.3, -0.25) is 18.6 Å². The van der Waals surface area contributed by atoms with E-state index < -0.39 is 75.7 Å². The van der Waals surface area contributed by atoms with E-state index in [4.69, 9.17) is 18.5 Å². The topological polar surface area (TPSA) is 210 Å². The molecule has 0 aromatic heterocycles. The summed E-state index contributed by atoms with van der Waals surface area (Å²) in [4.78, 5) is 35.8. The van der Waals surface area contributed by atoms with Crippen LogP contribution in [0.5, 0.6) is 0 Å². The summed E-state index contributed by atoms with van der Waals surface area (Å²) in [6.45, 7) is 3.34. The molecule has 0 spiro atoms. The highest BCUT2D eigenvalue weighted by molar-refractivity contribution is 7.47. The molecule has 6 unspecified atom stereocenters. The highest BCUT2D eigenvalue weighted by atomic mass is 31.2. The van der Waals surface area contributed by atoms with Gasteiger partial charge < -0.3 is 39.9 Å². The van der Waals surface area contributed by atoms with Crippen LogP contribution in [0.3, 0.4) is 0 Å². The zero-order chi connectivity index (χ0) is 47.1. The summed E-state index contributed by atoms with van der Waals surface area (Å²) in [5.74, 6) is -1.09. The maximum absolute atomic E-state index is 12.8. The lowest BCUT2D eigenvalue weighted by molar-refractivity contribution is -0.220. The van der Waals surface area contributed by atoms with E-state index in [2.05, 4.69) is 26.0 Å². The van der Waals surface area contributed by atoms with Crippen LogP contribution in [-0.2, 0) is 32.7 Å². The summed E-state index contributed by atoms with van der Waals surface area (Å²) in [7, 11) is -5.12. The van der Waals surface area contributed by atoms with E-state index in [9.17, 15) is 44.6 Å². The van der Waals surface area contributed by atoms with Gasteiger partial charge in [-0.25, -0.2) is 4.57 Å². The zero-order valence-corrected chi connectivity index (χ0v) is 41.2. The van der Waals surface area contributed by atoms with Crippen LogP contribution >= 0.6 is 7.82 Å². The number of phosphoric acid groups is 1. The molecule has 13 nitrogen and oxygen atoms in total. The summed E-state index contributed by atoms with van der Waals surface area (Å²) >= 11 is 0. The second-order valence-corrected chi connectivity index (χ2v) is 19.8. The van der Waals surface area contributed by atoms with Gasteiger partial charge in [0, 0.05) is 12.8 Å². The molecule has 0 bridgehead atoms. The molecule has 64 heavy (non-hydrogen) atoms. The van der Waals surface area contributed by atoms with Gasteiger partial charge in [0.1, 0.15) is 43.2 Å². The lowest BCUT2D eigenvalue weighted by Crippen LogP contribution is -2.64. The van der Waals surface area contributed by atoms with Crippen LogP contribution in [0.4, 0.5) is 0 Å². The quantitative estimate of drug-likeness (QED) is 0.0146. The van der Waals surface area contributed by atoms with Gasteiger partial charge in [0.2, 0.25) is 0 Å². The van der Waals surface area contributed by atoms with Gasteiger partial charge in [0.25, 0.3) is 0 Å². The number of esters is 2. The first-order valence-electron chi connectivity index (χ1n) is 26.0. The molecule has 1 aliphatic rings. The standard InChI is InChI=1S/C50H95O13P/c1-3-5-7-9-11-13-15-17-19-21-22-23-25-27-29-31-33-35-37-39-44(52)62-42(41-61-64(58,59)63-50-48(56)46(54)45(53)47(55)49(50)57)40-60-43(51)38-36-34-32-30-28-26-24-20-18-16-14-12-10-8-6-4-2/h21-22,42,45-50,53-57H,3-20,23-41H2,1-2H3,(H,58,59)/b22-21-/t42-,45?,46-,47?,48?,49?,50?/m1/s1. The van der Waals surface area contributed by atoms with Crippen molar-refractivity contribution >= 4 is 19.8 Å². The van der Waals surface area contributed by atoms with E-state index in [0.717, 1.165) is 51.4 Å². The summed E-state index contributed by atoms with van der Waals surface area (Å²) in [5, 5.41) is 50.3. The van der Waals surface area contributed by atoms with Gasteiger partial charge in [-0.1, -0.05) is 199 Å². The first kappa shape index (κ1) is 60.6. The average Bonchev–Trinajstić information content (AvgIpc) is 3.28. The molecule has 6 N–H and O–H groups in total. The van der Waals surface area contributed by atoms with Gasteiger partial charge >= 0.3 is 19.8 Å². The Morgan fingerprint density at radius 2 is 0.797 bits per heavy atom. The van der Waals surface area contributed by atoms with Crippen molar-refractivity contribution in [2.45, 2.75) is 281 Å². The van der Waals surface area contributed by atoms with Crippen molar-refractivity contribution < 1.29 is 63.1 Å². The number of ether oxygens (including phenoxy) is 2. The van der Waals surface area contributed by atoms with E-state index in [-0.39, 0.29) is 12.8 Å². The first-order chi connectivity index (χ1) is 30.9. The Morgan fingerprint density at radius 1 is 0.469 bits per heavy atom. The fourth-order valence-corrected chi connectivity index (χ4v) is 9.14. The highest BCUT2D eigenvalue weighted by Gasteiger charge is 2.51. The third-order valence-corrected chi connectivity index (χ3v) is 13.3. The van der Waals surface area contributed by atoms with Gasteiger partial charge in [-0.15, -0.1) is 0 Å². The van der Waals surface area contributed by atoms with Crippen LogP contribution in [0.15, 0.2) is 12.2 Å². The zero-order valence-electron chi connectivity index (χ0n) is 40.3. The largest absolute Gasteiger partial charge is 0.472 e. The monoisotopic (exact) mass is 935 g/mol. The predicted molar refractivity (Wildman–Crippen MR) is 254 cm³/mol. The highest BCUT2D eigenvalue weighted by Crippen LogP contribution is 2.47.